The molecule has 1 rings (SSSR count). The van der Waals surface area contributed by atoms with Gasteiger partial charge in [-0.15, -0.1) is 0 Å². The highest BCUT2D eigenvalue weighted by Gasteiger charge is 2.34. The van der Waals surface area contributed by atoms with E-state index in [0.717, 1.165) is 41.4 Å². The van der Waals surface area contributed by atoms with Gasteiger partial charge in [-0.2, -0.15) is 0 Å². The first-order valence-electron chi connectivity index (χ1n) is 12.0. The number of ether oxygens (including phenoxy) is 1. The number of allylic oxidation sites excluding steroid dienone is 15. The molecule has 3 heteroatoms. The second-order valence-electron chi connectivity index (χ2n) is 9.73. The van der Waals surface area contributed by atoms with E-state index in [4.69, 9.17) is 4.74 Å². The molecule has 0 spiro atoms. The van der Waals surface area contributed by atoms with Crippen LogP contribution in [0.4, 0.5) is 0 Å². The molecule has 0 aromatic rings. The average Bonchev–Trinajstić information content (AvgIpc) is 2.75. The fraction of sp³-hybridized carbons (Fsp3) is 0.375. The first kappa shape index (κ1) is 29.7. The third kappa shape index (κ3) is 12.1. The zero-order valence-electron chi connectivity index (χ0n) is 22.6. The number of rotatable bonds is 8. The summed E-state index contributed by atoms with van der Waals surface area (Å²) in [5.41, 5.74) is 6.14. The largest absolute Gasteiger partial charge is 0.462 e. The molecule has 0 fully saturated rings. The van der Waals surface area contributed by atoms with E-state index in [1.807, 2.05) is 62.5 Å². The molecule has 1 atom stereocenters. The van der Waals surface area contributed by atoms with Crippen LogP contribution >= 0.6 is 0 Å². The molecule has 0 saturated heterocycles. The smallest absolute Gasteiger partial charge is 0.302 e. The van der Waals surface area contributed by atoms with Gasteiger partial charge in [-0.05, 0) is 52.2 Å². The van der Waals surface area contributed by atoms with E-state index in [0.29, 0.717) is 5.57 Å². The minimum absolute atomic E-state index is 0.0675. The van der Waals surface area contributed by atoms with Gasteiger partial charge in [0.15, 0.2) is 0 Å². The molecule has 0 amide bonds. The monoisotopic (exact) mass is 472 g/mol. The fourth-order valence-corrected chi connectivity index (χ4v) is 3.82. The van der Waals surface area contributed by atoms with Gasteiger partial charge in [-0.1, -0.05) is 103 Å². The van der Waals surface area contributed by atoms with Crippen molar-refractivity contribution in [3.63, 3.8) is 0 Å². The summed E-state index contributed by atoms with van der Waals surface area (Å²) < 4.78 is 5.45. The quantitative estimate of drug-likeness (QED) is 0.119. The molecule has 0 saturated carbocycles. The van der Waals surface area contributed by atoms with Gasteiger partial charge in [0.1, 0.15) is 12.4 Å². The maximum Gasteiger partial charge on any atom is 0.302 e. The van der Waals surface area contributed by atoms with Crippen molar-refractivity contribution in [3.8, 4) is 11.8 Å². The summed E-state index contributed by atoms with van der Waals surface area (Å²) >= 11 is 0. The first-order chi connectivity index (χ1) is 16.4. The molecule has 3 nitrogen and oxygen atoms in total. The Hall–Kier alpha value is -3.38. The van der Waals surface area contributed by atoms with Gasteiger partial charge in [0, 0.05) is 24.3 Å². The van der Waals surface area contributed by atoms with Crippen molar-refractivity contribution in [2.45, 2.75) is 74.3 Å². The van der Waals surface area contributed by atoms with Crippen LogP contribution in [0.5, 0.6) is 0 Å². The normalized spacial score (nSPS) is 19.9. The lowest BCUT2D eigenvalue weighted by Gasteiger charge is -2.36. The number of hydrogen-bond acceptors (Lipinski definition) is 3. The van der Waals surface area contributed by atoms with Gasteiger partial charge < -0.3 is 4.74 Å². The van der Waals surface area contributed by atoms with Gasteiger partial charge >= 0.3 is 5.97 Å². The molecular weight excluding hydrogens is 432 g/mol. The summed E-state index contributed by atoms with van der Waals surface area (Å²) in [6.45, 7) is 15.7. The van der Waals surface area contributed by atoms with Gasteiger partial charge in [-0.3, -0.25) is 9.59 Å². The molecule has 0 radical (unpaired) electrons. The highest BCUT2D eigenvalue weighted by molar-refractivity contribution is 5.72. The van der Waals surface area contributed by atoms with Gasteiger partial charge in [0.25, 0.3) is 0 Å². The molecule has 0 aliphatic heterocycles. The molecule has 1 aliphatic rings. The minimum Gasteiger partial charge on any atom is -0.462 e. The van der Waals surface area contributed by atoms with Crippen molar-refractivity contribution in [1.82, 2.24) is 0 Å². The molecule has 186 valence electrons. The summed E-state index contributed by atoms with van der Waals surface area (Å²) in [6.07, 6.45) is 22.1. The van der Waals surface area contributed by atoms with Crippen LogP contribution in [-0.4, -0.2) is 18.4 Å². The van der Waals surface area contributed by atoms with Crippen LogP contribution in [0.25, 0.3) is 0 Å². The molecule has 0 N–H and O–H groups in total. The zero-order chi connectivity index (χ0) is 26.4. The number of carbonyl (C=O) groups is 2. The topological polar surface area (TPSA) is 43.4 Å². The molecule has 0 aromatic carbocycles. The summed E-state index contributed by atoms with van der Waals surface area (Å²) in [6, 6.07) is 0. The molecule has 1 aliphatic carbocycles. The third-order valence-corrected chi connectivity index (χ3v) is 5.53. The van der Waals surface area contributed by atoms with E-state index in [1.54, 1.807) is 13.0 Å². The van der Waals surface area contributed by atoms with Crippen molar-refractivity contribution >= 4 is 12.3 Å². The Labute approximate surface area is 212 Å². The maximum absolute atomic E-state index is 11.3. The zero-order valence-corrected chi connectivity index (χ0v) is 22.6. The Morgan fingerprint density at radius 1 is 0.886 bits per heavy atom. The summed E-state index contributed by atoms with van der Waals surface area (Å²) in [4.78, 5) is 21.9. The maximum atomic E-state index is 11.3. The van der Waals surface area contributed by atoms with Crippen LogP contribution < -0.4 is 0 Å². The molecular formula is C32H40O3. The van der Waals surface area contributed by atoms with E-state index in [-0.39, 0.29) is 17.5 Å². The van der Waals surface area contributed by atoms with E-state index in [2.05, 4.69) is 45.6 Å². The van der Waals surface area contributed by atoms with E-state index in [1.165, 1.54) is 12.5 Å². The van der Waals surface area contributed by atoms with Gasteiger partial charge in [0.05, 0.1) is 0 Å². The highest BCUT2D eigenvalue weighted by Crippen LogP contribution is 2.41. The van der Waals surface area contributed by atoms with E-state index >= 15 is 0 Å². The van der Waals surface area contributed by atoms with Gasteiger partial charge in [0.2, 0.25) is 0 Å². The van der Waals surface area contributed by atoms with Crippen LogP contribution in [0, 0.1) is 17.3 Å². The van der Waals surface area contributed by atoms with E-state index < -0.39 is 0 Å². The highest BCUT2D eigenvalue weighted by atomic mass is 16.5. The van der Waals surface area contributed by atoms with Crippen molar-refractivity contribution in [1.29, 1.82) is 0 Å². The summed E-state index contributed by atoms with van der Waals surface area (Å²) in [5.74, 6) is 6.44. The van der Waals surface area contributed by atoms with Crippen LogP contribution in [0.15, 0.2) is 94.2 Å². The lowest BCUT2D eigenvalue weighted by molar-refractivity contribution is -0.147. The Morgan fingerprint density at radius 3 is 1.94 bits per heavy atom. The second kappa shape index (κ2) is 14.8. The fourth-order valence-electron chi connectivity index (χ4n) is 3.82. The van der Waals surface area contributed by atoms with Crippen molar-refractivity contribution in [2.24, 2.45) is 5.41 Å². The standard InChI is InChI=1S/C32H40O3/c1-24(13-9-10-14-25(2)16-12-18-27(4)23-33)15-11-17-26(3)19-20-31-28(5)21-30(35-29(6)34)22-32(31,7)8/h9-18,23,30H,21-22H2,1-8H3/b10-9+,15-11+,16-12+,24-13+,25-14+,26-17+,27-18+/t30-/m1/s1. The molecule has 0 unspecified atom stereocenters. The molecule has 35 heavy (non-hydrogen) atoms. The molecule has 0 heterocycles. The summed E-state index contributed by atoms with van der Waals surface area (Å²) in [7, 11) is 0. The van der Waals surface area contributed by atoms with E-state index in [9.17, 15) is 9.59 Å². The molecule has 0 aromatic heterocycles. The molecule has 0 bridgehead atoms. The predicted molar refractivity (Wildman–Crippen MR) is 148 cm³/mol. The SMILES string of the molecule is CC(=O)O[C@@H]1CC(C)=C(C#C/C(C)=C/C=C/C(C)=C/C=C/C=C(C)/C=C/C=C(\C)C=O)C(C)(C)C1. The lowest BCUT2D eigenvalue weighted by atomic mass is 9.72. The average molecular weight is 473 g/mol. The predicted octanol–water partition coefficient (Wildman–Crippen LogP) is 7.71. The van der Waals surface area contributed by atoms with Crippen LogP contribution in [0.2, 0.25) is 0 Å². The van der Waals surface area contributed by atoms with Gasteiger partial charge in [-0.25, -0.2) is 0 Å². The lowest BCUT2D eigenvalue weighted by Crippen LogP contribution is -2.31. The Balaban J connectivity index is 2.77. The Kier molecular flexibility index (Phi) is 12.5. The Morgan fingerprint density at radius 2 is 1.43 bits per heavy atom. The first-order valence-corrected chi connectivity index (χ1v) is 12.0. The van der Waals surface area contributed by atoms with Crippen LogP contribution in [-0.2, 0) is 14.3 Å². The van der Waals surface area contributed by atoms with Crippen molar-refractivity contribution < 1.29 is 14.3 Å². The Bertz CT molecular complexity index is 1080. The van der Waals surface area contributed by atoms with Crippen LogP contribution in [0.1, 0.15) is 68.2 Å². The number of hydrogen-bond donors (Lipinski definition) is 0. The number of aldehydes is 1. The number of esters is 1. The number of carbonyl (C=O) groups excluding carboxylic acids is 2. The minimum atomic E-state index is -0.225. The third-order valence-electron chi connectivity index (χ3n) is 5.53. The second-order valence-corrected chi connectivity index (χ2v) is 9.73. The van der Waals surface area contributed by atoms with Crippen LogP contribution in [0.3, 0.4) is 0 Å². The summed E-state index contributed by atoms with van der Waals surface area (Å²) in [5, 5.41) is 0. The van der Waals surface area contributed by atoms with Crippen molar-refractivity contribution in [3.05, 3.63) is 94.2 Å². The van der Waals surface area contributed by atoms with Crippen molar-refractivity contribution in [2.75, 3.05) is 0 Å².